The van der Waals surface area contributed by atoms with Crippen molar-refractivity contribution >= 4 is 36.2 Å². The van der Waals surface area contributed by atoms with Gasteiger partial charge in [-0.05, 0) is 123 Å². The first-order valence-corrected chi connectivity index (χ1v) is 22.7. The van der Waals surface area contributed by atoms with Crippen LogP contribution in [0.15, 0.2) is 208 Å². The van der Waals surface area contributed by atoms with Gasteiger partial charge in [0, 0.05) is 24.2 Å². The van der Waals surface area contributed by atoms with Crippen molar-refractivity contribution in [2.24, 2.45) is 5.92 Å². The topological polar surface area (TPSA) is 121 Å². The fraction of sp³-hybridized carbons (Fsp3) is 0.194. The van der Waals surface area contributed by atoms with Crippen molar-refractivity contribution in [3.8, 4) is 28.7 Å². The first-order chi connectivity index (χ1) is 33.7. The van der Waals surface area contributed by atoms with E-state index in [9.17, 15) is 9.59 Å². The highest BCUT2D eigenvalue weighted by Gasteiger charge is 2.13. The molecule has 0 amide bonds. The number of phenols is 2. The molecule has 0 radical (unpaired) electrons. The maximum Gasteiger partial charge on any atom is 0.338 e. The van der Waals surface area contributed by atoms with Gasteiger partial charge in [0.1, 0.15) is 41.0 Å². The Labute approximate surface area is 423 Å². The summed E-state index contributed by atoms with van der Waals surface area (Å²) in [5.41, 5.74) is 6.01. The minimum absolute atomic E-state index is 0.129. The summed E-state index contributed by atoms with van der Waals surface area (Å²) in [4.78, 5) is 22.0. The Morgan fingerprint density at radius 1 is 0.535 bits per heavy atom. The summed E-state index contributed by atoms with van der Waals surface area (Å²) in [7, 11) is 1.66. The van der Waals surface area contributed by atoms with E-state index >= 15 is 0 Å². The number of hydrogen-bond donors (Lipinski definition) is 2. The lowest BCUT2D eigenvalue weighted by Gasteiger charge is -2.21. The Morgan fingerprint density at radius 2 is 0.901 bits per heavy atom. The second-order valence-corrected chi connectivity index (χ2v) is 16.6. The van der Waals surface area contributed by atoms with E-state index in [0.29, 0.717) is 35.2 Å². The van der Waals surface area contributed by atoms with Gasteiger partial charge in [0.05, 0.1) is 0 Å². The molecule has 6 aromatic carbocycles. The van der Waals surface area contributed by atoms with E-state index in [4.69, 9.17) is 33.9 Å². The molecule has 0 aliphatic carbocycles. The maximum absolute atomic E-state index is 11.0. The smallest absolute Gasteiger partial charge is 0.338 e. The van der Waals surface area contributed by atoms with Crippen LogP contribution in [0.4, 0.5) is 0 Å². The number of esters is 2. The zero-order valence-electron chi connectivity index (χ0n) is 42.7. The molecule has 9 nitrogen and oxygen atoms in total. The van der Waals surface area contributed by atoms with Crippen LogP contribution in [0.1, 0.15) is 76.3 Å². The van der Waals surface area contributed by atoms with Crippen LogP contribution < -0.4 is 14.2 Å². The monoisotopic (exact) mass is 961 g/mol. The number of phenolic OH excluding ortho intramolecular Hbond substituents is 2. The van der Waals surface area contributed by atoms with E-state index in [2.05, 4.69) is 53.3 Å². The van der Waals surface area contributed by atoms with Gasteiger partial charge in [0.2, 0.25) is 6.29 Å². The molecule has 0 spiro atoms. The minimum Gasteiger partial charge on any atom is -0.508 e. The van der Waals surface area contributed by atoms with Gasteiger partial charge < -0.3 is 33.9 Å². The molecule has 6 aromatic rings. The van der Waals surface area contributed by atoms with Crippen LogP contribution in [-0.4, -0.2) is 41.2 Å². The predicted molar refractivity (Wildman–Crippen MR) is 294 cm³/mol. The molecule has 9 heteroatoms. The Bertz CT molecular complexity index is 2480. The number of methoxy groups -OCH3 is 1. The average molecular weight is 961 g/mol. The summed E-state index contributed by atoms with van der Waals surface area (Å²) >= 11 is 0. The lowest BCUT2D eigenvalue weighted by Crippen LogP contribution is -2.24. The Morgan fingerprint density at radius 3 is 1.27 bits per heavy atom. The number of aromatic hydroxyl groups is 2. The zero-order valence-corrected chi connectivity index (χ0v) is 42.7. The van der Waals surface area contributed by atoms with Crippen LogP contribution in [0, 0.1) is 5.92 Å². The third kappa shape index (κ3) is 28.7. The molecule has 0 fully saturated rings. The van der Waals surface area contributed by atoms with Crippen molar-refractivity contribution < 1.29 is 43.5 Å². The molecule has 1 unspecified atom stereocenters. The average Bonchev–Trinajstić information content (AvgIpc) is 3.37. The third-order valence-electron chi connectivity index (χ3n) is 8.81. The molecule has 0 heterocycles. The van der Waals surface area contributed by atoms with Gasteiger partial charge in [-0.25, -0.2) is 9.59 Å². The molecule has 0 aromatic heterocycles. The number of carbonyl (C=O) groups excluding carboxylic acids is 2. The highest BCUT2D eigenvalue weighted by Crippen LogP contribution is 2.20. The van der Waals surface area contributed by atoms with Crippen LogP contribution in [-0.2, 0) is 25.7 Å². The fourth-order valence-electron chi connectivity index (χ4n) is 5.05. The fourth-order valence-corrected chi connectivity index (χ4v) is 5.05. The van der Waals surface area contributed by atoms with Crippen molar-refractivity contribution in [1.29, 1.82) is 0 Å². The molecule has 71 heavy (non-hydrogen) atoms. The third-order valence-corrected chi connectivity index (χ3v) is 8.81. The molecular weight excluding hydrogens is 889 g/mol. The van der Waals surface area contributed by atoms with Crippen molar-refractivity contribution in [3.05, 3.63) is 236 Å². The minimum atomic E-state index is -0.467. The van der Waals surface area contributed by atoms with Gasteiger partial charge in [-0.3, -0.25) is 0 Å². The SMILES string of the molecule is C=C(C)C(=O)OCc1ccccc1.C=C(C)C(=O)Oc1ccc(O)cc1.C=Cc1ccc(O)cc1.C=Cc1ccc(OC(C)(C)C)cc1.C=Cc1ccc(OC(OC)C(C)C)cc1.C=Cc1ccccc1. The van der Waals surface area contributed by atoms with Gasteiger partial charge in [-0.15, -0.1) is 0 Å². The quantitative estimate of drug-likeness (QED) is 0.0476. The molecule has 6 rings (SSSR count). The highest BCUT2D eigenvalue weighted by molar-refractivity contribution is 5.88. The van der Waals surface area contributed by atoms with E-state index in [1.54, 1.807) is 45.2 Å². The highest BCUT2D eigenvalue weighted by atomic mass is 16.7. The van der Waals surface area contributed by atoms with Crippen LogP contribution in [0.3, 0.4) is 0 Å². The number of benzene rings is 6. The van der Waals surface area contributed by atoms with Gasteiger partial charge >= 0.3 is 11.9 Å². The van der Waals surface area contributed by atoms with Gasteiger partial charge in [-0.1, -0.05) is 175 Å². The van der Waals surface area contributed by atoms with Gasteiger partial charge in [0.15, 0.2) is 0 Å². The lowest BCUT2D eigenvalue weighted by molar-refractivity contribution is -0.140. The molecule has 0 saturated carbocycles. The summed E-state index contributed by atoms with van der Waals surface area (Å²) < 4.78 is 26.4. The van der Waals surface area contributed by atoms with E-state index in [-0.39, 0.29) is 23.6 Å². The zero-order chi connectivity index (χ0) is 53.2. The summed E-state index contributed by atoms with van der Waals surface area (Å²) in [5, 5.41) is 17.8. The van der Waals surface area contributed by atoms with E-state index in [1.165, 1.54) is 29.8 Å². The van der Waals surface area contributed by atoms with Crippen LogP contribution in [0.5, 0.6) is 28.7 Å². The van der Waals surface area contributed by atoms with Crippen molar-refractivity contribution in [2.75, 3.05) is 7.11 Å². The molecule has 0 saturated heterocycles. The molecular formula is C62H72O9. The van der Waals surface area contributed by atoms with Crippen LogP contribution in [0.2, 0.25) is 0 Å². The van der Waals surface area contributed by atoms with Crippen LogP contribution >= 0.6 is 0 Å². The largest absolute Gasteiger partial charge is 0.508 e. The summed E-state index contributed by atoms with van der Waals surface area (Å²) in [6.45, 7) is 35.3. The van der Waals surface area contributed by atoms with E-state index in [1.807, 2.05) is 154 Å². The predicted octanol–water partition coefficient (Wildman–Crippen LogP) is 15.4. The molecule has 2 N–H and O–H groups in total. The number of hydrogen-bond acceptors (Lipinski definition) is 9. The van der Waals surface area contributed by atoms with Crippen LogP contribution in [0.25, 0.3) is 24.3 Å². The molecule has 1 atom stereocenters. The Hall–Kier alpha value is -8.14. The maximum atomic E-state index is 11.0. The van der Waals surface area contributed by atoms with Crippen molar-refractivity contribution in [3.63, 3.8) is 0 Å². The Balaban J connectivity index is 0.000000430. The first kappa shape index (κ1) is 60.9. The van der Waals surface area contributed by atoms with E-state index < -0.39 is 5.97 Å². The molecule has 374 valence electrons. The van der Waals surface area contributed by atoms with Crippen molar-refractivity contribution in [1.82, 2.24) is 0 Å². The second kappa shape index (κ2) is 34.2. The van der Waals surface area contributed by atoms with Crippen molar-refractivity contribution in [2.45, 2.75) is 67.0 Å². The molecule has 0 aliphatic rings. The molecule has 0 aliphatic heterocycles. The van der Waals surface area contributed by atoms with E-state index in [0.717, 1.165) is 33.8 Å². The Kier molecular flexibility index (Phi) is 29.3. The summed E-state index contributed by atoms with van der Waals surface area (Å²) in [6, 6.07) is 48.1. The summed E-state index contributed by atoms with van der Waals surface area (Å²) in [6.07, 6.45) is 7.00. The second-order valence-electron chi connectivity index (χ2n) is 16.6. The number of carbonyl (C=O) groups is 2. The standard InChI is InChI=1S/C13H18O2.C12H16O.C11H12O2.C10H10O3.C8H8O.C8H8/c1-5-11-6-8-12(9-7-11)15-13(14-4)10(2)3;1-5-10-6-8-11(9-7-10)13-12(2,3)4;1-9(2)11(12)13-8-10-6-4-3-5-7-10;1-7(2)10(12)13-9-5-3-8(11)4-6-9;1-2-7-3-5-8(9)6-4-7;1-2-8-6-4-3-5-7-8/h5-10,13H,1H2,2-4H3;5-9H,1H2,2-4H3;3-7H,1,8H2,2H3;3-6,11H,1H2,2H3;2-6,9H,1H2;2-7H,1H2. The normalized spacial score (nSPS) is 10.2. The number of rotatable bonds is 14. The first-order valence-electron chi connectivity index (χ1n) is 22.7. The van der Waals surface area contributed by atoms with Gasteiger partial charge in [-0.2, -0.15) is 0 Å². The molecule has 0 bridgehead atoms. The number of ether oxygens (including phenoxy) is 5. The summed E-state index contributed by atoms with van der Waals surface area (Å²) in [5.74, 6) is 2.06. The van der Waals surface area contributed by atoms with Gasteiger partial charge in [0.25, 0.3) is 0 Å². The lowest BCUT2D eigenvalue weighted by atomic mass is 10.2.